The van der Waals surface area contributed by atoms with Crippen molar-refractivity contribution in [3.8, 4) is 17.0 Å². The van der Waals surface area contributed by atoms with Crippen LogP contribution in [0.4, 0.5) is 4.39 Å². The summed E-state index contributed by atoms with van der Waals surface area (Å²) in [6.07, 6.45) is 4.00. The molecule has 9 heteroatoms. The molecule has 0 radical (unpaired) electrons. The molecule has 0 aliphatic heterocycles. The van der Waals surface area contributed by atoms with Gasteiger partial charge in [0.2, 0.25) is 15.7 Å². The second-order valence-electron chi connectivity index (χ2n) is 9.10. The average molecular weight is 536 g/mol. The van der Waals surface area contributed by atoms with E-state index in [-0.39, 0.29) is 10.7 Å². The Kier molecular flexibility index (Phi) is 8.06. The number of unbranched alkanes of at least 4 members (excludes halogenated alkanes) is 1. The molecule has 2 aromatic heterocycles. The van der Waals surface area contributed by atoms with Gasteiger partial charge in [0.15, 0.2) is 4.90 Å². The van der Waals surface area contributed by atoms with Gasteiger partial charge in [0.1, 0.15) is 11.6 Å². The van der Waals surface area contributed by atoms with Gasteiger partial charge < -0.3 is 5.11 Å². The lowest BCUT2D eigenvalue weighted by molar-refractivity contribution is 0.358. The minimum absolute atomic E-state index is 0.139. The fourth-order valence-corrected chi connectivity index (χ4v) is 5.94. The Morgan fingerprint density at radius 3 is 2.32 bits per heavy atom. The number of benzene rings is 2. The summed E-state index contributed by atoms with van der Waals surface area (Å²) in [5, 5.41) is 11.4. The molecular formula is C29H30FN3O4S. The highest BCUT2D eigenvalue weighted by Gasteiger charge is 2.31. The molecule has 0 amide bonds. The second kappa shape index (κ2) is 11.3. The molecule has 0 bridgehead atoms. The van der Waals surface area contributed by atoms with Crippen molar-refractivity contribution in [2.24, 2.45) is 0 Å². The summed E-state index contributed by atoms with van der Waals surface area (Å²) >= 11 is 0. The largest absolute Gasteiger partial charge is 0.493 e. The minimum atomic E-state index is -4.42. The number of sulfone groups is 1. The summed E-state index contributed by atoms with van der Waals surface area (Å²) in [5.41, 5.74) is 2.07. The Bertz CT molecular complexity index is 1600. The van der Waals surface area contributed by atoms with E-state index in [0.29, 0.717) is 24.8 Å². The van der Waals surface area contributed by atoms with Crippen LogP contribution in [0.1, 0.15) is 56.2 Å². The Labute approximate surface area is 221 Å². The lowest BCUT2D eigenvalue weighted by atomic mass is 10.0. The first-order valence-electron chi connectivity index (χ1n) is 12.6. The number of aromatic nitrogens is 3. The highest BCUT2D eigenvalue weighted by Crippen LogP contribution is 2.34. The van der Waals surface area contributed by atoms with E-state index in [1.54, 1.807) is 36.5 Å². The molecule has 2 heterocycles. The van der Waals surface area contributed by atoms with Crippen LogP contribution in [0.3, 0.4) is 0 Å². The SMILES string of the molecule is CCCCc1nc(=O)c(S(=O)(=O)c2ccc(-c3cccnc3C)cc2)c(O)n1[C@@H](CC)c1ccc(F)cc1. The molecule has 2 aromatic carbocycles. The number of hydrogen-bond acceptors (Lipinski definition) is 6. The summed E-state index contributed by atoms with van der Waals surface area (Å²) in [6, 6.07) is 15.0. The van der Waals surface area contributed by atoms with E-state index in [2.05, 4.69) is 9.97 Å². The van der Waals surface area contributed by atoms with Gasteiger partial charge in [-0.15, -0.1) is 0 Å². The van der Waals surface area contributed by atoms with Gasteiger partial charge in [-0.1, -0.05) is 50.6 Å². The van der Waals surface area contributed by atoms with Gasteiger partial charge in [0.25, 0.3) is 5.56 Å². The zero-order valence-corrected chi connectivity index (χ0v) is 22.4. The van der Waals surface area contributed by atoms with Gasteiger partial charge >= 0.3 is 0 Å². The van der Waals surface area contributed by atoms with Crippen LogP contribution in [0.25, 0.3) is 11.1 Å². The normalized spacial score (nSPS) is 12.4. The van der Waals surface area contributed by atoms with Crippen molar-refractivity contribution >= 4 is 9.84 Å². The van der Waals surface area contributed by atoms with Crippen molar-refractivity contribution in [2.75, 3.05) is 0 Å². The van der Waals surface area contributed by atoms with E-state index in [9.17, 15) is 22.7 Å². The monoisotopic (exact) mass is 535 g/mol. The zero-order chi connectivity index (χ0) is 27.4. The van der Waals surface area contributed by atoms with E-state index in [1.165, 1.54) is 28.8 Å². The summed E-state index contributed by atoms with van der Waals surface area (Å²) in [7, 11) is -4.42. The van der Waals surface area contributed by atoms with Crippen LogP contribution in [-0.2, 0) is 16.3 Å². The number of rotatable bonds is 9. The number of halogens is 1. The zero-order valence-electron chi connectivity index (χ0n) is 21.6. The summed E-state index contributed by atoms with van der Waals surface area (Å²) < 4.78 is 42.4. The van der Waals surface area contributed by atoms with Gasteiger partial charge in [0, 0.05) is 23.9 Å². The summed E-state index contributed by atoms with van der Waals surface area (Å²) in [4.78, 5) is 20.6. The maximum atomic E-state index is 13.7. The molecule has 38 heavy (non-hydrogen) atoms. The van der Waals surface area contributed by atoms with Crippen molar-refractivity contribution < 1.29 is 17.9 Å². The van der Waals surface area contributed by atoms with Crippen LogP contribution in [-0.4, -0.2) is 28.1 Å². The van der Waals surface area contributed by atoms with E-state index in [1.807, 2.05) is 26.8 Å². The molecule has 4 aromatic rings. The quantitative estimate of drug-likeness (QED) is 0.298. The number of pyridine rings is 1. The van der Waals surface area contributed by atoms with Crippen LogP contribution in [0.15, 0.2) is 81.4 Å². The number of hydrogen-bond donors (Lipinski definition) is 1. The number of aromatic hydroxyl groups is 1. The molecule has 0 aliphatic rings. The molecule has 4 rings (SSSR count). The van der Waals surface area contributed by atoms with Crippen LogP contribution < -0.4 is 5.56 Å². The third-order valence-corrected chi connectivity index (χ3v) is 8.38. The molecule has 0 aliphatic carbocycles. The van der Waals surface area contributed by atoms with Gasteiger partial charge in [-0.25, -0.2) is 12.8 Å². The first-order valence-corrected chi connectivity index (χ1v) is 14.0. The fraction of sp³-hybridized carbons (Fsp3) is 0.276. The Morgan fingerprint density at radius 1 is 1.03 bits per heavy atom. The lowest BCUT2D eigenvalue weighted by Crippen LogP contribution is -2.27. The standard InChI is InChI=1S/C29H30FN3O4S/c1-4-6-9-26-32-28(34)27(29(35)33(26)25(5-2)21-10-14-22(30)15-11-21)38(36,37)23-16-12-20(13-17-23)24-8-7-18-31-19(24)3/h7-8,10-18,25,35H,4-6,9H2,1-3H3/t25-/m0/s1. The number of aryl methyl sites for hydroxylation is 2. The predicted molar refractivity (Wildman–Crippen MR) is 143 cm³/mol. The first-order chi connectivity index (χ1) is 18.2. The predicted octanol–water partition coefficient (Wildman–Crippen LogP) is 5.63. The maximum absolute atomic E-state index is 13.7. The molecule has 0 fully saturated rings. The smallest absolute Gasteiger partial charge is 0.296 e. The van der Waals surface area contributed by atoms with Crippen LogP contribution >= 0.6 is 0 Å². The van der Waals surface area contributed by atoms with Gasteiger partial charge in [-0.2, -0.15) is 4.98 Å². The average Bonchev–Trinajstić information content (AvgIpc) is 2.90. The molecule has 1 atom stereocenters. The third-order valence-electron chi connectivity index (χ3n) is 6.59. The molecule has 198 valence electrons. The molecule has 0 saturated heterocycles. The van der Waals surface area contributed by atoms with Gasteiger partial charge in [-0.05, 0) is 61.2 Å². The molecular weight excluding hydrogens is 505 g/mol. The lowest BCUT2D eigenvalue weighted by Gasteiger charge is -2.25. The van der Waals surface area contributed by atoms with Crippen LogP contribution in [0.5, 0.6) is 5.88 Å². The maximum Gasteiger partial charge on any atom is 0.296 e. The van der Waals surface area contributed by atoms with Crippen molar-refractivity contribution in [3.05, 3.63) is 100 Å². The molecule has 7 nitrogen and oxygen atoms in total. The van der Waals surface area contributed by atoms with Crippen molar-refractivity contribution in [2.45, 2.75) is 62.3 Å². The fourth-order valence-electron chi connectivity index (χ4n) is 4.60. The second-order valence-corrected chi connectivity index (χ2v) is 11.0. The summed E-state index contributed by atoms with van der Waals surface area (Å²) in [5.74, 6) is -0.795. The highest BCUT2D eigenvalue weighted by atomic mass is 32.2. The van der Waals surface area contributed by atoms with E-state index in [4.69, 9.17) is 0 Å². The van der Waals surface area contributed by atoms with Crippen molar-refractivity contribution in [3.63, 3.8) is 0 Å². The van der Waals surface area contributed by atoms with E-state index >= 15 is 0 Å². The van der Waals surface area contributed by atoms with Gasteiger partial charge in [0.05, 0.1) is 10.9 Å². The Hall–Kier alpha value is -3.85. The van der Waals surface area contributed by atoms with Crippen molar-refractivity contribution in [1.29, 1.82) is 0 Å². The third kappa shape index (κ3) is 5.24. The van der Waals surface area contributed by atoms with E-state index < -0.39 is 38.0 Å². The highest BCUT2D eigenvalue weighted by molar-refractivity contribution is 7.91. The first kappa shape index (κ1) is 27.2. The molecule has 1 N–H and O–H groups in total. The van der Waals surface area contributed by atoms with Crippen LogP contribution in [0, 0.1) is 12.7 Å². The van der Waals surface area contributed by atoms with Gasteiger partial charge in [-0.3, -0.25) is 14.3 Å². The molecule has 0 unspecified atom stereocenters. The Morgan fingerprint density at radius 2 is 1.71 bits per heavy atom. The van der Waals surface area contributed by atoms with Crippen LogP contribution in [0.2, 0.25) is 0 Å². The minimum Gasteiger partial charge on any atom is -0.493 e. The number of nitrogens with zero attached hydrogens (tertiary/aromatic N) is 3. The van der Waals surface area contributed by atoms with Crippen molar-refractivity contribution in [1.82, 2.24) is 14.5 Å². The summed E-state index contributed by atoms with van der Waals surface area (Å²) in [6.45, 7) is 5.70. The topological polar surface area (TPSA) is 102 Å². The van der Waals surface area contributed by atoms with E-state index in [0.717, 1.165) is 23.2 Å². The molecule has 0 saturated carbocycles. The molecule has 0 spiro atoms. The Balaban J connectivity index is 1.86.